The van der Waals surface area contributed by atoms with Crippen LogP contribution in [0.3, 0.4) is 0 Å². The number of sulfone groups is 1. The number of hydrogen-bond donors (Lipinski definition) is 0. The van der Waals surface area contributed by atoms with Crippen molar-refractivity contribution in [3.63, 3.8) is 0 Å². The number of imidazole rings is 1. The van der Waals surface area contributed by atoms with Crippen molar-refractivity contribution in [3.05, 3.63) is 71.4 Å². The van der Waals surface area contributed by atoms with Crippen LogP contribution < -0.4 is 0 Å². The molecule has 2 heterocycles. The van der Waals surface area contributed by atoms with Crippen molar-refractivity contribution >= 4 is 15.7 Å². The molecule has 0 saturated carbocycles. The molecule has 1 aromatic carbocycles. The summed E-state index contributed by atoms with van der Waals surface area (Å²) in [6.45, 7) is 10.7. The first-order valence-electron chi connectivity index (χ1n) is 11.2. The second-order valence-corrected chi connectivity index (χ2v) is 11.0. The Hall–Kier alpha value is -2.87. The van der Waals surface area contributed by atoms with Crippen molar-refractivity contribution in [2.24, 2.45) is 11.8 Å². The van der Waals surface area contributed by atoms with Gasteiger partial charge >= 0.3 is 0 Å². The van der Waals surface area contributed by atoms with Crippen LogP contribution in [0.15, 0.2) is 58.4 Å². The van der Waals surface area contributed by atoms with E-state index < -0.39 is 9.84 Å². The summed E-state index contributed by atoms with van der Waals surface area (Å²) >= 11 is 0. The van der Waals surface area contributed by atoms with Gasteiger partial charge in [0.15, 0.2) is 0 Å². The largest absolute Gasteiger partial charge is 0.467 e. The van der Waals surface area contributed by atoms with E-state index in [1.54, 1.807) is 28.0 Å². The molecule has 0 unspecified atom stereocenters. The molecule has 8 heteroatoms. The molecule has 33 heavy (non-hydrogen) atoms. The van der Waals surface area contributed by atoms with Gasteiger partial charge in [-0.05, 0) is 36.1 Å². The van der Waals surface area contributed by atoms with Crippen molar-refractivity contribution < 1.29 is 17.6 Å². The third kappa shape index (κ3) is 6.13. The molecule has 178 valence electrons. The van der Waals surface area contributed by atoms with E-state index in [2.05, 4.69) is 4.98 Å². The number of carbonyl (C=O) groups excluding carboxylic acids is 1. The Labute approximate surface area is 196 Å². The first-order valence-corrected chi connectivity index (χ1v) is 12.9. The standard InChI is InChI=1S/C25H33N3O4S/c1-18(2)14-28-22(15-27(24(29)19(3)4)16-23-11-8-12-32-23)13-26-25(28)33(30,31)17-21-10-7-6-9-20(21)5/h6-13,18-19H,14-17H2,1-5H3. The molecule has 0 atom stereocenters. The quantitative estimate of drug-likeness (QED) is 0.431. The normalized spacial score (nSPS) is 12.0. The second-order valence-electron chi connectivity index (χ2n) is 9.15. The van der Waals surface area contributed by atoms with Gasteiger partial charge in [-0.2, -0.15) is 0 Å². The van der Waals surface area contributed by atoms with Gasteiger partial charge in [-0.3, -0.25) is 4.79 Å². The maximum absolute atomic E-state index is 13.4. The fourth-order valence-corrected chi connectivity index (χ4v) is 5.33. The molecular formula is C25H33N3O4S. The molecule has 0 aliphatic rings. The molecule has 0 N–H and O–H groups in total. The maximum atomic E-state index is 13.4. The van der Waals surface area contributed by atoms with E-state index in [0.717, 1.165) is 11.1 Å². The molecule has 0 aliphatic carbocycles. The van der Waals surface area contributed by atoms with Crippen LogP contribution in [0.5, 0.6) is 0 Å². The van der Waals surface area contributed by atoms with E-state index in [-0.39, 0.29) is 35.2 Å². The van der Waals surface area contributed by atoms with E-state index in [9.17, 15) is 13.2 Å². The molecule has 7 nitrogen and oxygen atoms in total. The minimum Gasteiger partial charge on any atom is -0.467 e. The van der Waals surface area contributed by atoms with Crippen LogP contribution in [0.2, 0.25) is 0 Å². The molecule has 2 aromatic heterocycles. The number of amides is 1. The number of furan rings is 1. The van der Waals surface area contributed by atoms with Crippen LogP contribution in [0.25, 0.3) is 0 Å². The fourth-order valence-electron chi connectivity index (χ4n) is 3.73. The zero-order valence-electron chi connectivity index (χ0n) is 20.0. The predicted octanol–water partition coefficient (Wildman–Crippen LogP) is 4.60. The zero-order chi connectivity index (χ0) is 24.2. The van der Waals surface area contributed by atoms with E-state index in [4.69, 9.17) is 4.42 Å². The van der Waals surface area contributed by atoms with Crippen LogP contribution in [0.1, 0.15) is 50.3 Å². The van der Waals surface area contributed by atoms with Gasteiger partial charge < -0.3 is 13.9 Å². The number of aromatic nitrogens is 2. The Morgan fingerprint density at radius 1 is 1.09 bits per heavy atom. The first-order chi connectivity index (χ1) is 15.6. The summed E-state index contributed by atoms with van der Waals surface area (Å²) in [6.07, 6.45) is 3.16. The third-order valence-electron chi connectivity index (χ3n) is 5.42. The number of rotatable bonds is 10. The number of benzene rings is 1. The van der Waals surface area contributed by atoms with Crippen molar-refractivity contribution in [2.75, 3.05) is 0 Å². The number of aryl methyl sites for hydroxylation is 1. The van der Waals surface area contributed by atoms with Gasteiger partial charge in [0.1, 0.15) is 5.76 Å². The van der Waals surface area contributed by atoms with Crippen LogP contribution in [-0.2, 0) is 40.0 Å². The van der Waals surface area contributed by atoms with Gasteiger partial charge in [-0.1, -0.05) is 52.0 Å². The Morgan fingerprint density at radius 2 is 1.82 bits per heavy atom. The lowest BCUT2D eigenvalue weighted by Crippen LogP contribution is -2.34. The molecule has 0 saturated heterocycles. The van der Waals surface area contributed by atoms with Crippen molar-refractivity contribution in [1.82, 2.24) is 14.5 Å². The lowest BCUT2D eigenvalue weighted by Gasteiger charge is -2.25. The molecule has 0 fully saturated rings. The van der Waals surface area contributed by atoms with Crippen LogP contribution in [0.4, 0.5) is 0 Å². The Kier molecular flexibility index (Phi) is 7.79. The predicted molar refractivity (Wildman–Crippen MR) is 127 cm³/mol. The van der Waals surface area contributed by atoms with Crippen molar-refractivity contribution in [3.8, 4) is 0 Å². The van der Waals surface area contributed by atoms with Gasteiger partial charge in [-0.15, -0.1) is 0 Å². The van der Waals surface area contributed by atoms with Crippen LogP contribution >= 0.6 is 0 Å². The highest BCUT2D eigenvalue weighted by Crippen LogP contribution is 2.22. The molecule has 0 bridgehead atoms. The minimum atomic E-state index is -3.68. The minimum absolute atomic E-state index is 0.0342. The van der Waals surface area contributed by atoms with E-state index in [1.807, 2.05) is 65.0 Å². The van der Waals surface area contributed by atoms with Gasteiger partial charge in [0.2, 0.25) is 20.9 Å². The third-order valence-corrected chi connectivity index (χ3v) is 6.99. The Morgan fingerprint density at radius 3 is 2.42 bits per heavy atom. The van der Waals surface area contributed by atoms with Gasteiger partial charge in [0.25, 0.3) is 0 Å². The molecular weight excluding hydrogens is 438 g/mol. The fraction of sp³-hybridized carbons (Fsp3) is 0.440. The highest BCUT2D eigenvalue weighted by atomic mass is 32.2. The van der Waals surface area contributed by atoms with E-state index in [0.29, 0.717) is 24.5 Å². The summed E-state index contributed by atoms with van der Waals surface area (Å²) in [7, 11) is -3.68. The first kappa shape index (κ1) is 24.8. The Bertz CT molecular complexity index is 1180. The zero-order valence-corrected chi connectivity index (χ0v) is 20.8. The lowest BCUT2D eigenvalue weighted by atomic mass is 10.1. The number of carbonyl (C=O) groups is 1. The molecule has 3 rings (SSSR count). The Balaban J connectivity index is 1.96. The maximum Gasteiger partial charge on any atom is 0.228 e. The van der Waals surface area contributed by atoms with Gasteiger partial charge in [0.05, 0.1) is 37.0 Å². The van der Waals surface area contributed by atoms with Crippen molar-refractivity contribution in [1.29, 1.82) is 0 Å². The summed E-state index contributed by atoms with van der Waals surface area (Å²) in [5.74, 6) is 0.518. The molecule has 0 radical (unpaired) electrons. The summed E-state index contributed by atoms with van der Waals surface area (Å²) in [4.78, 5) is 18.9. The second kappa shape index (κ2) is 10.4. The lowest BCUT2D eigenvalue weighted by molar-refractivity contribution is -0.136. The summed E-state index contributed by atoms with van der Waals surface area (Å²) in [5, 5.41) is 0.0457. The summed E-state index contributed by atoms with van der Waals surface area (Å²) in [5.41, 5.74) is 2.37. The highest BCUT2D eigenvalue weighted by molar-refractivity contribution is 7.90. The molecule has 1 amide bonds. The number of nitrogens with zero attached hydrogens (tertiary/aromatic N) is 3. The van der Waals surface area contributed by atoms with Gasteiger partial charge in [-0.25, -0.2) is 13.4 Å². The smallest absolute Gasteiger partial charge is 0.228 e. The monoisotopic (exact) mass is 471 g/mol. The molecule has 0 aliphatic heterocycles. The van der Waals surface area contributed by atoms with Gasteiger partial charge in [0, 0.05) is 12.5 Å². The highest BCUT2D eigenvalue weighted by Gasteiger charge is 2.27. The molecule has 3 aromatic rings. The van der Waals surface area contributed by atoms with Crippen LogP contribution in [0, 0.1) is 18.8 Å². The average Bonchev–Trinajstić information content (AvgIpc) is 3.39. The van der Waals surface area contributed by atoms with E-state index in [1.165, 1.54) is 0 Å². The SMILES string of the molecule is Cc1ccccc1CS(=O)(=O)c1ncc(CN(Cc2ccco2)C(=O)C(C)C)n1CC(C)C. The van der Waals surface area contributed by atoms with E-state index >= 15 is 0 Å². The number of hydrogen-bond acceptors (Lipinski definition) is 5. The summed E-state index contributed by atoms with van der Waals surface area (Å²) in [6, 6.07) is 11.1. The topological polar surface area (TPSA) is 85.4 Å². The van der Waals surface area contributed by atoms with Crippen LogP contribution in [-0.4, -0.2) is 28.8 Å². The average molecular weight is 472 g/mol. The summed E-state index contributed by atoms with van der Waals surface area (Å²) < 4.78 is 34.0. The van der Waals surface area contributed by atoms with Crippen molar-refractivity contribution in [2.45, 2.75) is 65.2 Å². The molecule has 0 spiro atoms.